The molecule has 1 unspecified atom stereocenters. The van der Waals surface area contributed by atoms with Crippen molar-refractivity contribution in [2.45, 2.75) is 57.8 Å². The molecular weight excluding hydrogens is 579 g/mol. The number of allylic oxidation sites excluding steroid dienone is 1. The lowest BCUT2D eigenvalue weighted by Crippen LogP contribution is -2.32. The zero-order chi connectivity index (χ0) is 30.2. The van der Waals surface area contributed by atoms with Crippen LogP contribution in [0, 0.1) is 5.92 Å². The number of anilines is 3. The van der Waals surface area contributed by atoms with E-state index in [-0.39, 0.29) is 24.2 Å². The molecule has 0 spiro atoms. The lowest BCUT2D eigenvalue weighted by molar-refractivity contribution is -0.119. The fraction of sp³-hybridized carbons (Fsp3) is 0.406. The van der Waals surface area contributed by atoms with E-state index in [2.05, 4.69) is 38.4 Å². The first-order valence-electron chi connectivity index (χ1n) is 14.8. The maximum Gasteiger partial charge on any atom is 0.230 e. The van der Waals surface area contributed by atoms with Crippen molar-refractivity contribution in [3.8, 4) is 0 Å². The highest BCUT2D eigenvalue weighted by molar-refractivity contribution is 8.17. The van der Waals surface area contributed by atoms with Gasteiger partial charge in [-0.2, -0.15) is 0 Å². The minimum absolute atomic E-state index is 0.0570. The summed E-state index contributed by atoms with van der Waals surface area (Å²) in [6.45, 7) is 2.80. The highest BCUT2D eigenvalue weighted by atomic mass is 32.2. The third-order valence-electron chi connectivity index (χ3n) is 7.88. The summed E-state index contributed by atoms with van der Waals surface area (Å²) < 4.78 is 0. The molecule has 1 saturated carbocycles. The van der Waals surface area contributed by atoms with E-state index in [0.29, 0.717) is 29.2 Å². The number of hydrogen-bond acceptors (Lipinski definition) is 9. The van der Waals surface area contributed by atoms with Gasteiger partial charge in [-0.25, -0.2) is 0 Å². The van der Waals surface area contributed by atoms with Gasteiger partial charge in [0.15, 0.2) is 5.17 Å². The fourth-order valence-corrected chi connectivity index (χ4v) is 7.79. The Bertz CT molecular complexity index is 1520. The average molecular weight is 618 g/mol. The number of benzene rings is 2. The molecule has 0 saturated heterocycles. The van der Waals surface area contributed by atoms with Gasteiger partial charge in [-0.1, -0.05) is 60.7 Å². The SMILES string of the molecule is CCC1=C(C2CCC[C@H](c3nnc(NC(=O)Cc4cccc(NC)c4)s3)C2)SC(NC(=O)Cc2cccc(NC)c2)=NC1. The number of hydrogen-bond donors (Lipinski definition) is 4. The molecule has 4 N–H and O–H groups in total. The Hall–Kier alpha value is -3.70. The standard InChI is InChI=1S/C32H39N7O2S2/c1-4-22-19-35-31(36-27(40)16-20-8-5-12-25(14-20)33-2)42-29(22)23-10-7-11-24(18-23)30-38-39-32(43-30)37-28(41)17-21-9-6-13-26(15-21)34-3/h5-6,8-9,12-15,23-24,33-34H,4,7,10-11,16-19H2,1-3H3,(H,35,36,40)(H,37,39,41)/t23?,24-/m0/s1. The van der Waals surface area contributed by atoms with Crippen molar-refractivity contribution in [1.29, 1.82) is 0 Å². The molecule has 9 nitrogen and oxygen atoms in total. The summed E-state index contributed by atoms with van der Waals surface area (Å²) >= 11 is 3.10. The van der Waals surface area contributed by atoms with Gasteiger partial charge in [-0.3, -0.25) is 14.6 Å². The quantitative estimate of drug-likeness (QED) is 0.214. The van der Waals surface area contributed by atoms with Crippen molar-refractivity contribution in [2.75, 3.05) is 36.6 Å². The molecule has 1 aliphatic carbocycles. The molecule has 2 atom stereocenters. The van der Waals surface area contributed by atoms with Crippen molar-refractivity contribution in [3.63, 3.8) is 0 Å². The number of aliphatic imine (C=N–C) groups is 1. The second kappa shape index (κ2) is 14.7. The van der Waals surface area contributed by atoms with Crippen LogP contribution in [0.2, 0.25) is 0 Å². The number of carbonyl (C=O) groups is 2. The third-order valence-corrected chi connectivity index (χ3v) is 10.2. The Labute approximate surface area is 261 Å². The smallest absolute Gasteiger partial charge is 0.230 e. The Morgan fingerprint density at radius 1 is 0.884 bits per heavy atom. The highest BCUT2D eigenvalue weighted by Crippen LogP contribution is 2.46. The number of nitrogens with one attached hydrogen (secondary N) is 4. The lowest BCUT2D eigenvalue weighted by atomic mass is 9.80. The van der Waals surface area contributed by atoms with Gasteiger partial charge in [0.25, 0.3) is 0 Å². The van der Waals surface area contributed by atoms with Crippen LogP contribution in [0.3, 0.4) is 0 Å². The summed E-state index contributed by atoms with van der Waals surface area (Å²) in [6, 6.07) is 15.7. The molecule has 3 aromatic rings. The maximum atomic E-state index is 12.9. The van der Waals surface area contributed by atoms with Crippen LogP contribution in [-0.2, 0) is 22.4 Å². The van der Waals surface area contributed by atoms with E-state index in [4.69, 9.17) is 4.99 Å². The first-order chi connectivity index (χ1) is 20.9. The topological polar surface area (TPSA) is 120 Å². The molecule has 5 rings (SSSR count). The summed E-state index contributed by atoms with van der Waals surface area (Å²) in [5.74, 6) is 0.516. The summed E-state index contributed by atoms with van der Waals surface area (Å²) in [5, 5.41) is 23.2. The Kier molecular flexibility index (Phi) is 10.5. The zero-order valence-corrected chi connectivity index (χ0v) is 26.5. The van der Waals surface area contributed by atoms with Crippen LogP contribution in [0.1, 0.15) is 61.1 Å². The Morgan fingerprint density at radius 2 is 1.53 bits per heavy atom. The van der Waals surface area contributed by atoms with E-state index in [1.807, 2.05) is 62.6 Å². The van der Waals surface area contributed by atoms with Gasteiger partial charge in [-0.15, -0.1) is 10.2 Å². The molecule has 0 bridgehead atoms. The number of rotatable bonds is 10. The first kappa shape index (κ1) is 30.7. The fourth-order valence-electron chi connectivity index (χ4n) is 5.65. The molecule has 1 aromatic heterocycles. The highest BCUT2D eigenvalue weighted by Gasteiger charge is 2.32. The van der Waals surface area contributed by atoms with Crippen molar-refractivity contribution in [2.24, 2.45) is 10.9 Å². The monoisotopic (exact) mass is 617 g/mol. The van der Waals surface area contributed by atoms with E-state index < -0.39 is 0 Å². The van der Waals surface area contributed by atoms with E-state index in [0.717, 1.165) is 59.6 Å². The van der Waals surface area contributed by atoms with Gasteiger partial charge in [-0.05, 0) is 77.5 Å². The summed E-state index contributed by atoms with van der Waals surface area (Å²) in [5.41, 5.74) is 5.21. The van der Waals surface area contributed by atoms with Crippen LogP contribution in [0.15, 0.2) is 64.0 Å². The zero-order valence-electron chi connectivity index (χ0n) is 24.9. The van der Waals surface area contributed by atoms with Gasteiger partial charge in [0.2, 0.25) is 16.9 Å². The van der Waals surface area contributed by atoms with Crippen molar-refractivity contribution >= 4 is 56.6 Å². The predicted molar refractivity (Wildman–Crippen MR) is 178 cm³/mol. The van der Waals surface area contributed by atoms with Crippen molar-refractivity contribution in [1.82, 2.24) is 15.5 Å². The Morgan fingerprint density at radius 3 is 2.19 bits per heavy atom. The summed E-state index contributed by atoms with van der Waals surface area (Å²) in [7, 11) is 3.73. The number of nitrogens with zero attached hydrogens (tertiary/aromatic N) is 3. The van der Waals surface area contributed by atoms with E-state index >= 15 is 0 Å². The molecule has 2 aromatic carbocycles. The lowest BCUT2D eigenvalue weighted by Gasteiger charge is -2.32. The van der Waals surface area contributed by atoms with Crippen LogP contribution < -0.4 is 21.3 Å². The van der Waals surface area contributed by atoms with Crippen LogP contribution >= 0.6 is 23.1 Å². The van der Waals surface area contributed by atoms with E-state index in [1.54, 1.807) is 11.8 Å². The largest absolute Gasteiger partial charge is 0.388 e. The van der Waals surface area contributed by atoms with Gasteiger partial charge in [0, 0.05) is 31.4 Å². The molecule has 11 heteroatoms. The van der Waals surface area contributed by atoms with E-state index in [1.165, 1.54) is 21.8 Å². The Balaban J connectivity index is 1.18. The minimum atomic E-state index is -0.0996. The van der Waals surface area contributed by atoms with Gasteiger partial charge < -0.3 is 21.3 Å². The third kappa shape index (κ3) is 8.23. The number of thioether (sulfide) groups is 1. The van der Waals surface area contributed by atoms with Crippen LogP contribution in [0.4, 0.5) is 16.5 Å². The predicted octanol–water partition coefficient (Wildman–Crippen LogP) is 6.20. The molecule has 43 heavy (non-hydrogen) atoms. The average Bonchev–Trinajstić information content (AvgIpc) is 3.49. The van der Waals surface area contributed by atoms with E-state index in [9.17, 15) is 9.59 Å². The molecular formula is C32H39N7O2S2. The summed E-state index contributed by atoms with van der Waals surface area (Å²) in [6.07, 6.45) is 5.76. The van der Waals surface area contributed by atoms with Gasteiger partial charge in [0.1, 0.15) is 5.01 Å². The number of amides is 2. The molecule has 2 heterocycles. The second-order valence-corrected chi connectivity index (χ2v) is 12.9. The molecule has 226 valence electrons. The number of aromatic nitrogens is 2. The summed E-state index contributed by atoms with van der Waals surface area (Å²) in [4.78, 5) is 31.6. The van der Waals surface area contributed by atoms with Crippen LogP contribution in [0.25, 0.3) is 0 Å². The number of carbonyl (C=O) groups excluding carboxylic acids is 2. The van der Waals surface area contributed by atoms with Gasteiger partial charge >= 0.3 is 0 Å². The van der Waals surface area contributed by atoms with Crippen LogP contribution in [-0.4, -0.2) is 47.8 Å². The maximum absolute atomic E-state index is 12.9. The molecule has 1 fully saturated rings. The molecule has 0 radical (unpaired) electrons. The molecule has 1 aliphatic heterocycles. The first-order valence-corrected chi connectivity index (χ1v) is 16.5. The molecule has 2 aliphatic rings. The molecule has 2 amide bonds. The van der Waals surface area contributed by atoms with Crippen molar-refractivity contribution in [3.05, 3.63) is 75.1 Å². The second-order valence-electron chi connectivity index (χ2n) is 10.9. The van der Waals surface area contributed by atoms with Crippen molar-refractivity contribution < 1.29 is 9.59 Å². The normalized spacial score (nSPS) is 18.5. The van der Waals surface area contributed by atoms with Gasteiger partial charge in [0.05, 0.1) is 19.4 Å². The minimum Gasteiger partial charge on any atom is -0.388 e. The number of amidine groups is 1. The van der Waals surface area contributed by atoms with Crippen LogP contribution in [0.5, 0.6) is 0 Å².